The van der Waals surface area contributed by atoms with E-state index < -0.39 is 31.1 Å². The Kier molecular flexibility index (Phi) is 6.65. The summed E-state index contributed by atoms with van der Waals surface area (Å²) in [5.41, 5.74) is 2.28. The van der Waals surface area contributed by atoms with Crippen molar-refractivity contribution in [3.63, 3.8) is 0 Å². The highest BCUT2D eigenvalue weighted by molar-refractivity contribution is 5.85. The van der Waals surface area contributed by atoms with E-state index in [4.69, 9.17) is 14.7 Å². The molecule has 3 aromatic heterocycles. The molecule has 4 atom stereocenters. The molecule has 2 aliphatic rings. The van der Waals surface area contributed by atoms with Crippen molar-refractivity contribution in [1.29, 1.82) is 0 Å². The fourth-order valence-corrected chi connectivity index (χ4v) is 4.76. The zero-order chi connectivity index (χ0) is 24.5. The fraction of sp³-hybridized carbons (Fsp3) is 0.591. The van der Waals surface area contributed by atoms with Crippen molar-refractivity contribution in [1.82, 2.24) is 35.0 Å². The molecule has 0 radical (unpaired) electrons. The van der Waals surface area contributed by atoms with Crippen molar-refractivity contribution >= 4 is 22.9 Å². The van der Waals surface area contributed by atoms with E-state index in [-0.39, 0.29) is 11.9 Å². The maximum absolute atomic E-state index is 11.8. The number of rotatable bonds is 8. The van der Waals surface area contributed by atoms with Crippen LogP contribution >= 0.6 is 0 Å². The molecule has 0 unspecified atom stereocenters. The van der Waals surface area contributed by atoms with Gasteiger partial charge in [-0.05, 0) is 19.3 Å². The predicted octanol–water partition coefficient (Wildman–Crippen LogP) is -0.139. The average Bonchev–Trinajstić information content (AvgIpc) is 3.66. The van der Waals surface area contributed by atoms with Crippen molar-refractivity contribution in [2.75, 3.05) is 19.0 Å². The van der Waals surface area contributed by atoms with E-state index in [0.717, 1.165) is 31.2 Å². The van der Waals surface area contributed by atoms with Crippen LogP contribution in [0.15, 0.2) is 12.5 Å². The Balaban J connectivity index is 1.57. The van der Waals surface area contributed by atoms with Crippen LogP contribution in [0.1, 0.15) is 43.9 Å². The number of carbonyl (C=O) groups excluding carboxylic acids is 1. The second-order valence-corrected chi connectivity index (χ2v) is 9.02. The third-order valence-corrected chi connectivity index (χ3v) is 6.75. The average molecular weight is 487 g/mol. The molecular formula is C22H30N8O5. The number of aromatic nitrogens is 6. The predicted molar refractivity (Wildman–Crippen MR) is 124 cm³/mol. The largest absolute Gasteiger partial charge is 0.394 e. The molecule has 0 bridgehead atoms. The van der Waals surface area contributed by atoms with Crippen LogP contribution in [-0.4, -0.2) is 89.0 Å². The summed E-state index contributed by atoms with van der Waals surface area (Å²) in [6.07, 6.45) is 3.79. The number of aromatic amines is 1. The number of carbonyl (C=O) groups is 1. The number of aliphatic hydroxyl groups excluding tert-OH is 3. The molecule has 1 aliphatic heterocycles. The van der Waals surface area contributed by atoms with Crippen LogP contribution in [0, 0.1) is 0 Å². The fourth-order valence-electron chi connectivity index (χ4n) is 4.76. The molecule has 35 heavy (non-hydrogen) atoms. The van der Waals surface area contributed by atoms with Gasteiger partial charge in [0.2, 0.25) is 5.91 Å². The third-order valence-electron chi connectivity index (χ3n) is 6.75. The summed E-state index contributed by atoms with van der Waals surface area (Å²) in [4.78, 5) is 25.7. The minimum absolute atomic E-state index is 0.0837. The number of nitrogens with zero attached hydrogens (tertiary/aromatic N) is 5. The molecule has 0 spiro atoms. The zero-order valence-corrected chi connectivity index (χ0v) is 19.4. The number of hydrogen-bond acceptors (Lipinski definition) is 10. The van der Waals surface area contributed by atoms with Crippen LogP contribution in [-0.2, 0) is 16.0 Å². The summed E-state index contributed by atoms with van der Waals surface area (Å²) < 4.78 is 7.27. The lowest BCUT2D eigenvalue weighted by Crippen LogP contribution is -2.33. The van der Waals surface area contributed by atoms with Crippen LogP contribution in [0.5, 0.6) is 0 Å². The number of aryl methyl sites for hydroxylation is 1. The molecule has 13 nitrogen and oxygen atoms in total. The molecule has 0 aromatic carbocycles. The maximum Gasteiger partial charge on any atom is 0.220 e. The first kappa shape index (κ1) is 23.6. The zero-order valence-electron chi connectivity index (χ0n) is 19.4. The van der Waals surface area contributed by atoms with Gasteiger partial charge in [0.05, 0.1) is 19.1 Å². The highest BCUT2D eigenvalue weighted by Crippen LogP contribution is 2.34. The summed E-state index contributed by atoms with van der Waals surface area (Å²) in [5.74, 6) is 0.824. The Bertz CT molecular complexity index is 1190. The topological polar surface area (TPSA) is 183 Å². The van der Waals surface area contributed by atoms with Gasteiger partial charge in [0.1, 0.15) is 24.0 Å². The first-order valence-electron chi connectivity index (χ1n) is 11.9. The second kappa shape index (κ2) is 9.85. The number of amides is 1. The smallest absolute Gasteiger partial charge is 0.220 e. The number of ether oxygens (including phenoxy) is 1. The summed E-state index contributed by atoms with van der Waals surface area (Å²) in [5, 5.41) is 43.5. The number of hydrogen-bond donors (Lipinski definition) is 6. The molecular weight excluding hydrogens is 456 g/mol. The molecule has 4 heterocycles. The van der Waals surface area contributed by atoms with Gasteiger partial charge < -0.3 is 30.7 Å². The van der Waals surface area contributed by atoms with Crippen LogP contribution < -0.4 is 10.6 Å². The van der Waals surface area contributed by atoms with Crippen LogP contribution in [0.3, 0.4) is 0 Å². The number of H-pyrrole nitrogens is 1. The van der Waals surface area contributed by atoms with Gasteiger partial charge in [-0.2, -0.15) is 5.10 Å². The number of anilines is 1. The van der Waals surface area contributed by atoms with E-state index >= 15 is 0 Å². The lowest BCUT2D eigenvalue weighted by atomic mass is 10.1. The Morgan fingerprint density at radius 1 is 1.26 bits per heavy atom. The third kappa shape index (κ3) is 4.47. The molecule has 1 amide bonds. The van der Waals surface area contributed by atoms with Gasteiger partial charge in [-0.25, -0.2) is 15.0 Å². The molecule has 13 heteroatoms. The molecule has 1 saturated carbocycles. The standard InChI is InChI=1S/C22H30N8O5/c1-23-14(32)7-6-11-8-25-29-15(11)19-27-20(26-12-4-2-3-5-12)16-21(28-19)30(10-24-16)22-18(34)17(33)13(9-31)35-22/h8,10,12-13,17-18,22,31,33-34H,2-7,9H2,1H3,(H,23,32)(H,25,29)(H,26,27,28)/t13-,17-,18-,22-/m1/s1. The minimum atomic E-state index is -1.27. The quantitative estimate of drug-likeness (QED) is 0.250. The van der Waals surface area contributed by atoms with Crippen LogP contribution in [0.4, 0.5) is 5.82 Å². The molecule has 1 saturated heterocycles. The van der Waals surface area contributed by atoms with E-state index in [1.807, 2.05) is 0 Å². The molecule has 3 aromatic rings. The molecule has 2 fully saturated rings. The first-order valence-corrected chi connectivity index (χ1v) is 11.9. The SMILES string of the molecule is CNC(=O)CCc1cn[nH]c1-c1nc(NC2CCCC2)c2ncn([C@@H]3O[C@H](CO)[C@@H](O)[C@H]3O)c2n1. The highest BCUT2D eigenvalue weighted by atomic mass is 16.6. The number of aliphatic hydroxyl groups is 3. The number of nitrogens with one attached hydrogen (secondary N) is 3. The Hall–Kier alpha value is -3.13. The summed E-state index contributed by atoms with van der Waals surface area (Å²) in [6, 6.07) is 0.259. The maximum atomic E-state index is 11.8. The van der Waals surface area contributed by atoms with E-state index in [0.29, 0.717) is 41.3 Å². The minimum Gasteiger partial charge on any atom is -0.394 e. The van der Waals surface area contributed by atoms with Gasteiger partial charge in [-0.1, -0.05) is 12.8 Å². The summed E-state index contributed by atoms with van der Waals surface area (Å²) in [6.45, 7) is -0.432. The van der Waals surface area contributed by atoms with Crippen molar-refractivity contribution < 1.29 is 24.9 Å². The lowest BCUT2D eigenvalue weighted by Gasteiger charge is -2.18. The summed E-state index contributed by atoms with van der Waals surface area (Å²) >= 11 is 0. The first-order chi connectivity index (χ1) is 17.0. The molecule has 6 N–H and O–H groups in total. The summed E-state index contributed by atoms with van der Waals surface area (Å²) in [7, 11) is 1.59. The van der Waals surface area contributed by atoms with E-state index in [9.17, 15) is 20.1 Å². The normalized spacial score (nSPS) is 24.9. The van der Waals surface area contributed by atoms with Gasteiger partial charge in [0.15, 0.2) is 29.0 Å². The van der Waals surface area contributed by atoms with Crippen LogP contribution in [0.2, 0.25) is 0 Å². The van der Waals surface area contributed by atoms with Crippen LogP contribution in [0.25, 0.3) is 22.7 Å². The van der Waals surface area contributed by atoms with Crippen molar-refractivity contribution in [2.45, 2.75) is 69.1 Å². The lowest BCUT2D eigenvalue weighted by molar-refractivity contribution is -0.120. The van der Waals surface area contributed by atoms with Crippen molar-refractivity contribution in [3.8, 4) is 11.5 Å². The van der Waals surface area contributed by atoms with Gasteiger partial charge in [0, 0.05) is 25.1 Å². The second-order valence-electron chi connectivity index (χ2n) is 9.02. The molecule has 188 valence electrons. The van der Waals surface area contributed by atoms with Crippen molar-refractivity contribution in [3.05, 3.63) is 18.1 Å². The van der Waals surface area contributed by atoms with E-state index in [2.05, 4.69) is 25.8 Å². The Morgan fingerprint density at radius 2 is 2.06 bits per heavy atom. The van der Waals surface area contributed by atoms with Gasteiger partial charge in [-0.3, -0.25) is 14.5 Å². The number of imidazole rings is 1. The van der Waals surface area contributed by atoms with Crippen molar-refractivity contribution in [2.24, 2.45) is 0 Å². The van der Waals surface area contributed by atoms with E-state index in [1.165, 1.54) is 6.33 Å². The monoisotopic (exact) mass is 486 g/mol. The molecule has 5 rings (SSSR count). The van der Waals surface area contributed by atoms with Gasteiger partial charge in [0.25, 0.3) is 0 Å². The molecule has 1 aliphatic carbocycles. The van der Waals surface area contributed by atoms with E-state index in [1.54, 1.807) is 17.8 Å². The van der Waals surface area contributed by atoms with Gasteiger partial charge >= 0.3 is 0 Å². The highest BCUT2D eigenvalue weighted by Gasteiger charge is 2.44. The number of fused-ring (bicyclic) bond motifs is 1. The Morgan fingerprint density at radius 3 is 2.77 bits per heavy atom. The Labute approximate surface area is 201 Å². The van der Waals surface area contributed by atoms with Gasteiger partial charge in [-0.15, -0.1) is 0 Å².